The molecule has 0 aromatic carbocycles. The van der Waals surface area contributed by atoms with Gasteiger partial charge in [0.1, 0.15) is 60.5 Å². The van der Waals surface area contributed by atoms with Crippen molar-refractivity contribution in [3.63, 3.8) is 0 Å². The molecule has 3 rings (SSSR count). The van der Waals surface area contributed by atoms with Gasteiger partial charge >= 0.3 is 0 Å². The second-order valence-electron chi connectivity index (χ2n) is 12.6. The van der Waals surface area contributed by atoms with Crippen LogP contribution in [0.3, 0.4) is 0 Å². The highest BCUT2D eigenvalue weighted by Gasteiger charge is 2.55. The Kier molecular flexibility index (Phi) is 13.7. The summed E-state index contributed by atoms with van der Waals surface area (Å²) in [5.41, 5.74) is -2.58. The first-order valence-electron chi connectivity index (χ1n) is 15.2. The molecule has 0 aliphatic carbocycles. The van der Waals surface area contributed by atoms with Crippen LogP contribution in [0.1, 0.15) is 40.0 Å². The maximum atomic E-state index is 10.9. The monoisotopic (exact) mass is 644 g/mol. The molecule has 0 aromatic rings. The van der Waals surface area contributed by atoms with E-state index in [1.165, 1.54) is 0 Å². The van der Waals surface area contributed by atoms with E-state index >= 15 is 0 Å². The van der Waals surface area contributed by atoms with E-state index in [0.29, 0.717) is 6.42 Å². The van der Waals surface area contributed by atoms with E-state index in [1.807, 2.05) is 13.8 Å². The molecule has 0 aromatic heterocycles. The van der Waals surface area contributed by atoms with Crippen molar-refractivity contribution >= 4 is 0 Å². The lowest BCUT2D eigenvalue weighted by Crippen LogP contribution is -2.69. The average Bonchev–Trinajstić information content (AvgIpc) is 3.03. The molecule has 3 heterocycles. The van der Waals surface area contributed by atoms with Gasteiger partial charge in [-0.2, -0.15) is 0 Å². The molecule has 260 valence electrons. The topological polar surface area (TPSA) is 269 Å². The van der Waals surface area contributed by atoms with Gasteiger partial charge in [0, 0.05) is 5.92 Å². The molecule has 11 N–H and O–H groups in total. The first kappa shape index (κ1) is 37.8. The summed E-state index contributed by atoms with van der Waals surface area (Å²) in [6.07, 6.45) is -16.5. The molecule has 0 bridgehead atoms. The molecular weight excluding hydrogens is 592 g/mol. The van der Waals surface area contributed by atoms with Crippen molar-refractivity contribution in [2.24, 2.45) is 11.3 Å². The zero-order valence-electron chi connectivity index (χ0n) is 25.4. The highest BCUT2D eigenvalue weighted by molar-refractivity contribution is 5.04. The summed E-state index contributed by atoms with van der Waals surface area (Å²) in [7, 11) is 0. The first-order valence-corrected chi connectivity index (χ1v) is 15.2. The molecule has 3 saturated heterocycles. The van der Waals surface area contributed by atoms with E-state index in [9.17, 15) is 56.2 Å². The number of aliphatic hydroxyl groups is 11. The molecule has 3 fully saturated rings. The van der Waals surface area contributed by atoms with Crippen molar-refractivity contribution in [3.05, 3.63) is 0 Å². The Bertz CT molecular complexity index is 860. The van der Waals surface area contributed by atoms with Crippen molar-refractivity contribution in [1.29, 1.82) is 0 Å². The van der Waals surface area contributed by atoms with Gasteiger partial charge in [0.05, 0.1) is 58.0 Å². The van der Waals surface area contributed by atoms with Crippen molar-refractivity contribution in [1.82, 2.24) is 0 Å². The van der Waals surface area contributed by atoms with Crippen LogP contribution in [0.2, 0.25) is 0 Å². The molecule has 0 saturated carbocycles. The maximum absolute atomic E-state index is 10.9. The Hall–Kier alpha value is -0.640. The Morgan fingerprint density at radius 1 is 0.659 bits per heavy atom. The number of ether oxygens (including phenoxy) is 5. The third-order valence-electron chi connectivity index (χ3n) is 9.80. The normalized spacial score (nSPS) is 45.4. The second-order valence-corrected chi connectivity index (χ2v) is 12.6. The highest BCUT2D eigenvalue weighted by atomic mass is 16.7. The van der Waals surface area contributed by atoms with Crippen LogP contribution in [0.5, 0.6) is 0 Å². The van der Waals surface area contributed by atoms with Crippen molar-refractivity contribution in [2.75, 3.05) is 39.6 Å². The average molecular weight is 645 g/mol. The summed E-state index contributed by atoms with van der Waals surface area (Å²) in [6.45, 7) is 2.59. The molecule has 0 spiro atoms. The van der Waals surface area contributed by atoms with Gasteiger partial charge in [-0.15, -0.1) is 0 Å². The molecular formula is C28H52O16. The lowest BCUT2D eigenvalue weighted by atomic mass is 9.76. The van der Waals surface area contributed by atoms with E-state index in [0.717, 1.165) is 12.8 Å². The zero-order chi connectivity index (χ0) is 33.0. The SMILES string of the molecule is CCC(C)(CC)C[C@@H]1OC(CO)[C@@H](COC[C@@H]2OC(CO[C@H]3OC(CO)[C@H](O)C(O)C3O)[C@@](O)(CO)C(O)C2O)C(O)C1O. The summed E-state index contributed by atoms with van der Waals surface area (Å²) in [5.74, 6) is -0.855. The van der Waals surface area contributed by atoms with Gasteiger partial charge in [0.15, 0.2) is 6.29 Å². The van der Waals surface area contributed by atoms with Gasteiger partial charge in [-0.05, 0) is 11.8 Å². The van der Waals surface area contributed by atoms with Crippen LogP contribution in [-0.2, 0) is 23.7 Å². The largest absolute Gasteiger partial charge is 0.394 e. The molecule has 16 heteroatoms. The zero-order valence-corrected chi connectivity index (χ0v) is 25.4. The summed E-state index contributed by atoms with van der Waals surface area (Å²) in [6, 6.07) is 0. The van der Waals surface area contributed by atoms with E-state index in [1.54, 1.807) is 0 Å². The fraction of sp³-hybridized carbons (Fsp3) is 1.00. The van der Waals surface area contributed by atoms with Crippen LogP contribution < -0.4 is 0 Å². The van der Waals surface area contributed by atoms with Gasteiger partial charge < -0.3 is 79.9 Å². The van der Waals surface area contributed by atoms with E-state index in [4.69, 9.17) is 23.7 Å². The maximum Gasteiger partial charge on any atom is 0.186 e. The van der Waals surface area contributed by atoms with Crippen LogP contribution >= 0.6 is 0 Å². The van der Waals surface area contributed by atoms with E-state index < -0.39 is 124 Å². The molecule has 3 aliphatic heterocycles. The molecule has 44 heavy (non-hydrogen) atoms. The molecule has 9 unspecified atom stereocenters. The molecule has 0 amide bonds. The standard InChI is InChI=1S/C28H52O16/c1-4-27(3,5-2)6-14-20(33)19(32)13(15(7-29)42-14)9-40-10-17-22(35)25(38)28(39,12-31)18(43-17)11-41-26-24(37)23(36)21(34)16(8-30)44-26/h13-26,29-39H,4-12H2,1-3H3/t13-,14+,15?,16?,17+,18?,19?,20?,21+,22?,23?,24?,25?,26+,28+/m1/s1. The first-order chi connectivity index (χ1) is 20.7. The van der Waals surface area contributed by atoms with Crippen molar-refractivity contribution in [2.45, 2.75) is 125 Å². The third-order valence-corrected chi connectivity index (χ3v) is 9.80. The van der Waals surface area contributed by atoms with Gasteiger partial charge in [0.2, 0.25) is 0 Å². The summed E-state index contributed by atoms with van der Waals surface area (Å²) >= 11 is 0. The van der Waals surface area contributed by atoms with Gasteiger partial charge in [-0.3, -0.25) is 0 Å². The van der Waals surface area contributed by atoms with Crippen LogP contribution in [0.4, 0.5) is 0 Å². The van der Waals surface area contributed by atoms with Crippen molar-refractivity contribution < 1.29 is 79.9 Å². The predicted molar refractivity (Wildman–Crippen MR) is 148 cm³/mol. The Labute approximate surface area is 256 Å². The van der Waals surface area contributed by atoms with Crippen LogP contribution in [0.25, 0.3) is 0 Å². The fourth-order valence-electron chi connectivity index (χ4n) is 6.00. The minimum atomic E-state index is -2.44. The van der Waals surface area contributed by atoms with E-state index in [-0.39, 0.29) is 12.0 Å². The Balaban J connectivity index is 1.63. The molecule has 0 radical (unpaired) electrons. The predicted octanol–water partition coefficient (Wildman–Crippen LogP) is -4.65. The smallest absolute Gasteiger partial charge is 0.186 e. The number of hydrogen-bond acceptors (Lipinski definition) is 16. The van der Waals surface area contributed by atoms with Crippen LogP contribution in [-0.4, -0.2) is 181 Å². The van der Waals surface area contributed by atoms with Gasteiger partial charge in [-0.25, -0.2) is 0 Å². The fourth-order valence-corrected chi connectivity index (χ4v) is 6.00. The minimum Gasteiger partial charge on any atom is -0.394 e. The quantitative estimate of drug-likeness (QED) is 0.0848. The number of aliphatic hydroxyl groups excluding tert-OH is 10. The van der Waals surface area contributed by atoms with E-state index in [2.05, 4.69) is 6.92 Å². The molecule has 3 aliphatic rings. The lowest BCUT2D eigenvalue weighted by Gasteiger charge is -2.48. The van der Waals surface area contributed by atoms with Crippen LogP contribution in [0, 0.1) is 11.3 Å². The number of hydrogen-bond donors (Lipinski definition) is 11. The van der Waals surface area contributed by atoms with Gasteiger partial charge in [-0.1, -0.05) is 33.6 Å². The third kappa shape index (κ3) is 7.90. The van der Waals surface area contributed by atoms with Crippen molar-refractivity contribution in [3.8, 4) is 0 Å². The lowest BCUT2D eigenvalue weighted by molar-refractivity contribution is -0.329. The number of rotatable bonds is 14. The minimum absolute atomic E-state index is 0.135. The Morgan fingerprint density at radius 3 is 1.84 bits per heavy atom. The summed E-state index contributed by atoms with van der Waals surface area (Å²) in [4.78, 5) is 0. The Morgan fingerprint density at radius 2 is 1.27 bits per heavy atom. The van der Waals surface area contributed by atoms with Crippen LogP contribution in [0.15, 0.2) is 0 Å². The highest BCUT2D eigenvalue weighted by Crippen LogP contribution is 2.38. The summed E-state index contributed by atoms with van der Waals surface area (Å²) < 4.78 is 28.1. The summed E-state index contributed by atoms with van der Waals surface area (Å²) in [5, 5.41) is 113. The molecule has 16 nitrogen and oxygen atoms in total. The molecule has 15 atom stereocenters. The second kappa shape index (κ2) is 16.0. The van der Waals surface area contributed by atoms with Gasteiger partial charge in [0.25, 0.3) is 0 Å².